The summed E-state index contributed by atoms with van der Waals surface area (Å²) in [5, 5.41) is 0. The average Bonchev–Trinajstić information content (AvgIpc) is 1.56. The monoisotopic (exact) mass is 225 g/mol. The van der Waals surface area contributed by atoms with Gasteiger partial charge in [-0.25, -0.2) is 0 Å². The third-order valence-corrected chi connectivity index (χ3v) is 10.2. The van der Waals surface area contributed by atoms with Gasteiger partial charge in [0, 0.05) is 0 Å². The van der Waals surface area contributed by atoms with E-state index in [2.05, 4.69) is 59.4 Å². The molecular weight excluding hydrogens is 207 g/mol. The van der Waals surface area contributed by atoms with Crippen LogP contribution in [0, 0.1) is 0 Å². The Morgan fingerprint density at radius 1 is 0.909 bits per heavy atom. The predicted octanol–water partition coefficient (Wildman–Crippen LogP) is 2.62. The Hall–Kier alpha value is 0.603. The van der Waals surface area contributed by atoms with Crippen molar-refractivity contribution >= 4 is 20.7 Å². The SMILES string of the molecule is C[Si](C)(C)C(=[C]=[Mn])[Si](C)(C)C. The van der Waals surface area contributed by atoms with Gasteiger partial charge in [0.25, 0.3) is 0 Å². The van der Waals surface area contributed by atoms with E-state index in [0.717, 1.165) is 0 Å². The van der Waals surface area contributed by atoms with Crippen molar-refractivity contribution in [1.82, 2.24) is 0 Å². The molecular formula is C8H18MnSi2. The summed E-state index contributed by atoms with van der Waals surface area (Å²) in [6, 6.07) is 0. The van der Waals surface area contributed by atoms with E-state index >= 15 is 0 Å². The Morgan fingerprint density at radius 2 is 1.18 bits per heavy atom. The molecule has 0 aliphatic carbocycles. The van der Waals surface area contributed by atoms with Crippen LogP contribution in [0.3, 0.4) is 0 Å². The minimum atomic E-state index is -1.10. The molecule has 0 unspecified atom stereocenters. The summed E-state index contributed by atoms with van der Waals surface area (Å²) in [5.41, 5.74) is 0. The third kappa shape index (κ3) is 3.68. The van der Waals surface area contributed by atoms with Crippen LogP contribution in [0.15, 0.2) is 4.82 Å². The average molecular weight is 225 g/mol. The Balaban J connectivity index is 4.90. The first-order valence-electron chi connectivity index (χ1n) is 3.94. The normalized spacial score (nSPS) is 12.5. The van der Waals surface area contributed by atoms with Gasteiger partial charge in [-0.3, -0.25) is 0 Å². The molecule has 0 aromatic rings. The van der Waals surface area contributed by atoms with Gasteiger partial charge in [0.15, 0.2) is 0 Å². The van der Waals surface area contributed by atoms with Crippen molar-refractivity contribution in [3.63, 3.8) is 0 Å². The van der Waals surface area contributed by atoms with Crippen molar-refractivity contribution < 1.29 is 15.6 Å². The van der Waals surface area contributed by atoms with E-state index in [4.69, 9.17) is 0 Å². The Kier molecular flexibility index (Phi) is 3.74. The van der Waals surface area contributed by atoms with Crippen LogP contribution in [0.2, 0.25) is 39.3 Å². The fourth-order valence-electron chi connectivity index (χ4n) is 1.41. The van der Waals surface area contributed by atoms with E-state index in [-0.39, 0.29) is 0 Å². The quantitative estimate of drug-likeness (QED) is 0.634. The molecule has 0 amide bonds. The molecule has 0 saturated heterocycles. The maximum absolute atomic E-state index is 3.37. The van der Waals surface area contributed by atoms with E-state index in [1.165, 1.54) is 0 Å². The maximum atomic E-state index is 3.37. The van der Waals surface area contributed by atoms with Crippen LogP contribution in [0.25, 0.3) is 0 Å². The molecule has 0 aromatic carbocycles. The zero-order valence-electron chi connectivity index (χ0n) is 8.38. The van der Waals surface area contributed by atoms with Gasteiger partial charge in [-0.05, 0) is 0 Å². The van der Waals surface area contributed by atoms with Crippen LogP contribution < -0.4 is 0 Å². The molecule has 0 aromatic heterocycles. The van der Waals surface area contributed by atoms with Crippen molar-refractivity contribution in [1.29, 1.82) is 0 Å². The van der Waals surface area contributed by atoms with Crippen molar-refractivity contribution in [2.75, 3.05) is 0 Å². The van der Waals surface area contributed by atoms with Gasteiger partial charge >= 0.3 is 80.4 Å². The molecule has 0 bridgehead atoms. The van der Waals surface area contributed by atoms with Gasteiger partial charge in [-0.15, -0.1) is 0 Å². The first kappa shape index (κ1) is 11.6. The Labute approximate surface area is 80.5 Å². The van der Waals surface area contributed by atoms with Gasteiger partial charge in [0.2, 0.25) is 0 Å². The third-order valence-electron chi connectivity index (χ3n) is 1.59. The first-order chi connectivity index (χ1) is 4.69. The fourth-order valence-corrected chi connectivity index (χ4v) is 13.6. The molecule has 0 atom stereocenters. The molecule has 65 valence electrons. The van der Waals surface area contributed by atoms with Crippen LogP contribution in [0.1, 0.15) is 0 Å². The van der Waals surface area contributed by atoms with Gasteiger partial charge in [0.1, 0.15) is 0 Å². The Morgan fingerprint density at radius 3 is 1.18 bits per heavy atom. The van der Waals surface area contributed by atoms with E-state index in [0.29, 0.717) is 0 Å². The summed E-state index contributed by atoms with van der Waals surface area (Å²) in [6.45, 7) is 14.3. The second-order valence-corrected chi connectivity index (χ2v) is 15.8. The van der Waals surface area contributed by atoms with Crippen molar-refractivity contribution in [3.8, 4) is 0 Å². The zero-order chi connectivity index (χ0) is 9.28. The summed E-state index contributed by atoms with van der Waals surface area (Å²) in [7, 11) is -2.20. The van der Waals surface area contributed by atoms with Crippen LogP contribution in [0.5, 0.6) is 0 Å². The second kappa shape index (κ2) is 3.55. The second-order valence-electron chi connectivity index (χ2n) is 4.97. The summed E-state index contributed by atoms with van der Waals surface area (Å²) in [6.07, 6.45) is 0. The number of hydrogen-bond donors (Lipinski definition) is 0. The van der Waals surface area contributed by atoms with Crippen molar-refractivity contribution in [2.24, 2.45) is 0 Å². The van der Waals surface area contributed by atoms with Gasteiger partial charge in [-0.2, -0.15) is 0 Å². The Bertz CT molecular complexity index is 173. The van der Waals surface area contributed by atoms with Crippen molar-refractivity contribution in [2.45, 2.75) is 39.3 Å². The summed E-state index contributed by atoms with van der Waals surface area (Å²) in [4.78, 5) is 1.60. The summed E-state index contributed by atoms with van der Waals surface area (Å²) >= 11 is 3.37. The molecule has 0 fully saturated rings. The molecule has 3 heteroatoms. The first-order valence-corrected chi connectivity index (χ1v) is 11.5. The molecule has 0 radical (unpaired) electrons. The molecule has 0 N–H and O–H groups in total. The summed E-state index contributed by atoms with van der Waals surface area (Å²) in [5.74, 6) is 0. The van der Waals surface area contributed by atoms with E-state index in [9.17, 15) is 0 Å². The van der Waals surface area contributed by atoms with Gasteiger partial charge < -0.3 is 0 Å². The standard InChI is InChI=1S/C8H18Si2.Mn/c1-8(9(2,3)4)10(5,6)7;/h2-7H3;. The van der Waals surface area contributed by atoms with Crippen LogP contribution >= 0.6 is 0 Å². The number of rotatable bonds is 2. The minimum absolute atomic E-state index is 1.10. The van der Waals surface area contributed by atoms with Crippen LogP contribution in [0.4, 0.5) is 0 Å². The van der Waals surface area contributed by atoms with E-state index in [1.54, 1.807) is 4.82 Å². The molecule has 0 spiro atoms. The topological polar surface area (TPSA) is 0 Å². The van der Waals surface area contributed by atoms with E-state index < -0.39 is 16.1 Å². The molecule has 0 heterocycles. The fraction of sp³-hybridized carbons (Fsp3) is 0.750. The molecule has 0 nitrogen and oxygen atoms in total. The van der Waals surface area contributed by atoms with E-state index in [1.807, 2.05) is 0 Å². The molecule has 0 rings (SSSR count). The van der Waals surface area contributed by atoms with Gasteiger partial charge in [0.05, 0.1) is 0 Å². The van der Waals surface area contributed by atoms with Crippen LogP contribution in [-0.2, 0) is 15.6 Å². The predicted molar refractivity (Wildman–Crippen MR) is 55.2 cm³/mol. The van der Waals surface area contributed by atoms with Crippen molar-refractivity contribution in [3.05, 3.63) is 4.82 Å². The summed E-state index contributed by atoms with van der Waals surface area (Å²) < 4.78 is 3.23. The molecule has 0 aliphatic rings. The number of hydrogen-bond acceptors (Lipinski definition) is 0. The van der Waals surface area contributed by atoms with Crippen LogP contribution in [-0.4, -0.2) is 20.7 Å². The van der Waals surface area contributed by atoms with Gasteiger partial charge in [-0.1, -0.05) is 0 Å². The zero-order valence-corrected chi connectivity index (χ0v) is 11.6. The molecule has 11 heavy (non-hydrogen) atoms. The molecule has 0 aliphatic heterocycles. The molecule has 0 saturated carbocycles.